The van der Waals surface area contributed by atoms with Gasteiger partial charge in [0.25, 0.3) is 0 Å². The fourth-order valence-corrected chi connectivity index (χ4v) is 3.93. The minimum Gasteiger partial charge on any atom is -0.463 e. The summed E-state index contributed by atoms with van der Waals surface area (Å²) in [6, 6.07) is 14.3. The smallest absolute Gasteiger partial charge is 0.182 e. The highest BCUT2D eigenvalue weighted by atomic mass is 16.3. The molecule has 0 bridgehead atoms. The first-order valence-corrected chi connectivity index (χ1v) is 9.31. The van der Waals surface area contributed by atoms with Crippen molar-refractivity contribution in [3.05, 3.63) is 60.0 Å². The average Bonchev–Trinajstić information content (AvgIpc) is 3.38. The van der Waals surface area contributed by atoms with Gasteiger partial charge >= 0.3 is 0 Å². The predicted molar refractivity (Wildman–Crippen MR) is 102 cm³/mol. The summed E-state index contributed by atoms with van der Waals surface area (Å²) in [5.41, 5.74) is 6.47. The molecule has 0 aliphatic heterocycles. The molecule has 1 aliphatic carbocycles. The number of nitrogens with one attached hydrogen (secondary N) is 1. The maximum absolute atomic E-state index is 5.73. The van der Waals surface area contributed by atoms with E-state index >= 15 is 0 Å². The first-order chi connectivity index (χ1) is 13.4. The van der Waals surface area contributed by atoms with E-state index in [1.54, 1.807) is 6.26 Å². The third-order valence-electron chi connectivity index (χ3n) is 5.12. The van der Waals surface area contributed by atoms with E-state index in [4.69, 9.17) is 9.40 Å². The summed E-state index contributed by atoms with van der Waals surface area (Å²) in [4.78, 5) is 5.05. The lowest BCUT2D eigenvalue weighted by molar-refractivity contribution is 0.579. The van der Waals surface area contributed by atoms with Crippen LogP contribution >= 0.6 is 0 Å². The number of pyridine rings is 1. The van der Waals surface area contributed by atoms with Crippen molar-refractivity contribution >= 4 is 0 Å². The van der Waals surface area contributed by atoms with Gasteiger partial charge in [0.2, 0.25) is 0 Å². The largest absolute Gasteiger partial charge is 0.463 e. The third-order valence-corrected chi connectivity index (χ3v) is 5.12. The van der Waals surface area contributed by atoms with Crippen LogP contribution in [-0.2, 0) is 12.8 Å². The summed E-state index contributed by atoms with van der Waals surface area (Å²) < 4.78 is 5.73. The van der Waals surface area contributed by atoms with Crippen molar-refractivity contribution in [3.8, 4) is 34.0 Å². The lowest BCUT2D eigenvalue weighted by Crippen LogP contribution is -2.05. The van der Waals surface area contributed by atoms with E-state index in [-0.39, 0.29) is 0 Å². The number of benzene rings is 1. The van der Waals surface area contributed by atoms with E-state index in [1.165, 1.54) is 18.4 Å². The SMILES string of the molecule is c1ccc(-c2c3c(nc(-c4ccco4)c2-c2nnn[nH]2)CCCCC3)cc1. The maximum atomic E-state index is 5.73. The number of tetrazole rings is 1. The van der Waals surface area contributed by atoms with Gasteiger partial charge in [-0.25, -0.2) is 10.1 Å². The summed E-state index contributed by atoms with van der Waals surface area (Å²) in [7, 11) is 0. The van der Waals surface area contributed by atoms with Gasteiger partial charge in [0.05, 0.1) is 11.8 Å². The average molecular weight is 357 g/mol. The number of H-pyrrole nitrogens is 1. The summed E-state index contributed by atoms with van der Waals surface area (Å²) in [5, 5.41) is 14.8. The standard InChI is InChI=1S/C21H19N5O/c1-3-8-14(9-4-1)18-15-10-5-2-6-11-16(15)22-20(17-12-7-13-27-17)19(18)21-23-25-26-24-21/h1,3-4,7-9,12-13H,2,5-6,10-11H2,(H,23,24,25,26). The Labute approximate surface area is 156 Å². The molecule has 0 saturated heterocycles. The van der Waals surface area contributed by atoms with E-state index in [9.17, 15) is 0 Å². The second-order valence-corrected chi connectivity index (χ2v) is 6.79. The highest BCUT2D eigenvalue weighted by molar-refractivity contribution is 5.91. The summed E-state index contributed by atoms with van der Waals surface area (Å²) >= 11 is 0. The van der Waals surface area contributed by atoms with Crippen LogP contribution in [0.15, 0.2) is 53.1 Å². The molecule has 3 heterocycles. The molecule has 4 aromatic rings. The Morgan fingerprint density at radius 1 is 0.889 bits per heavy atom. The van der Waals surface area contributed by atoms with Crippen molar-refractivity contribution in [2.75, 3.05) is 0 Å². The lowest BCUT2D eigenvalue weighted by Gasteiger charge is -2.19. The quantitative estimate of drug-likeness (QED) is 0.548. The summed E-state index contributed by atoms with van der Waals surface area (Å²) in [6.45, 7) is 0. The second-order valence-electron chi connectivity index (χ2n) is 6.79. The summed E-state index contributed by atoms with van der Waals surface area (Å²) in [5.74, 6) is 1.34. The van der Waals surface area contributed by atoms with E-state index in [2.05, 4.69) is 44.9 Å². The van der Waals surface area contributed by atoms with Gasteiger partial charge in [-0.15, -0.1) is 5.10 Å². The van der Waals surface area contributed by atoms with Gasteiger partial charge < -0.3 is 4.42 Å². The second kappa shape index (κ2) is 6.79. The van der Waals surface area contributed by atoms with Crippen molar-refractivity contribution in [1.82, 2.24) is 25.6 Å². The molecule has 0 radical (unpaired) electrons. The first kappa shape index (κ1) is 15.9. The van der Waals surface area contributed by atoms with E-state index in [0.717, 1.165) is 53.1 Å². The Morgan fingerprint density at radius 3 is 2.56 bits per heavy atom. The molecule has 0 spiro atoms. The molecule has 0 amide bonds. The first-order valence-electron chi connectivity index (χ1n) is 9.31. The number of nitrogens with zero attached hydrogens (tertiary/aromatic N) is 4. The Hall–Kier alpha value is -3.28. The molecule has 134 valence electrons. The van der Waals surface area contributed by atoms with Crippen molar-refractivity contribution in [2.45, 2.75) is 32.1 Å². The third kappa shape index (κ3) is 2.83. The highest BCUT2D eigenvalue weighted by Crippen LogP contribution is 2.42. The van der Waals surface area contributed by atoms with Crippen molar-refractivity contribution in [1.29, 1.82) is 0 Å². The van der Waals surface area contributed by atoms with Gasteiger partial charge in [0, 0.05) is 11.3 Å². The molecule has 1 N–H and O–H groups in total. The van der Waals surface area contributed by atoms with Gasteiger partial charge in [0.15, 0.2) is 11.6 Å². The fourth-order valence-electron chi connectivity index (χ4n) is 3.93. The molecule has 5 rings (SSSR count). The fraction of sp³-hybridized carbons (Fsp3) is 0.238. The van der Waals surface area contributed by atoms with Gasteiger partial charge in [-0.3, -0.25) is 0 Å². The Morgan fingerprint density at radius 2 is 1.78 bits per heavy atom. The maximum Gasteiger partial charge on any atom is 0.182 e. The monoisotopic (exact) mass is 357 g/mol. The normalized spacial score (nSPS) is 13.9. The molecule has 3 aromatic heterocycles. The predicted octanol–water partition coefficient (Wildman–Crippen LogP) is 4.46. The van der Waals surface area contributed by atoms with Gasteiger partial charge in [0.1, 0.15) is 5.69 Å². The molecule has 0 fully saturated rings. The van der Waals surface area contributed by atoms with Crippen LogP contribution in [0.1, 0.15) is 30.5 Å². The molecule has 1 aliphatic rings. The van der Waals surface area contributed by atoms with Crippen LogP contribution in [0.4, 0.5) is 0 Å². The molecule has 0 saturated carbocycles. The Bertz CT molecular complexity index is 1040. The number of hydrogen-bond donors (Lipinski definition) is 1. The number of furan rings is 1. The van der Waals surface area contributed by atoms with Crippen molar-refractivity contribution in [2.24, 2.45) is 0 Å². The minimum absolute atomic E-state index is 0.611. The molecule has 6 heteroatoms. The Balaban J connectivity index is 1.89. The van der Waals surface area contributed by atoms with E-state index < -0.39 is 0 Å². The number of aromatic amines is 1. The summed E-state index contributed by atoms with van der Waals surface area (Å²) in [6.07, 6.45) is 7.22. The van der Waals surface area contributed by atoms with Crippen LogP contribution in [0.5, 0.6) is 0 Å². The van der Waals surface area contributed by atoms with Crippen LogP contribution in [0.3, 0.4) is 0 Å². The zero-order chi connectivity index (χ0) is 18.1. The van der Waals surface area contributed by atoms with Gasteiger partial charge in [-0.2, -0.15) is 0 Å². The zero-order valence-corrected chi connectivity index (χ0v) is 14.9. The molecule has 6 nitrogen and oxygen atoms in total. The van der Waals surface area contributed by atoms with Crippen molar-refractivity contribution < 1.29 is 4.42 Å². The van der Waals surface area contributed by atoms with Crippen LogP contribution in [0.25, 0.3) is 34.0 Å². The molecule has 1 aromatic carbocycles. The Kier molecular flexibility index (Phi) is 4.01. The van der Waals surface area contributed by atoms with Gasteiger partial charge in [-0.1, -0.05) is 36.8 Å². The number of hydrogen-bond acceptors (Lipinski definition) is 5. The van der Waals surface area contributed by atoms with Crippen molar-refractivity contribution in [3.63, 3.8) is 0 Å². The number of rotatable bonds is 3. The van der Waals surface area contributed by atoms with Crippen LogP contribution in [-0.4, -0.2) is 25.6 Å². The number of aryl methyl sites for hydroxylation is 1. The molecule has 0 atom stereocenters. The number of aromatic nitrogens is 5. The van der Waals surface area contributed by atoms with E-state index in [1.807, 2.05) is 18.2 Å². The molecular formula is C21H19N5O. The zero-order valence-electron chi connectivity index (χ0n) is 14.9. The van der Waals surface area contributed by atoms with Gasteiger partial charge in [-0.05, 0) is 59.4 Å². The molecule has 0 unspecified atom stereocenters. The topological polar surface area (TPSA) is 80.5 Å². The highest BCUT2D eigenvalue weighted by Gasteiger charge is 2.26. The number of fused-ring (bicyclic) bond motifs is 1. The minimum atomic E-state index is 0.611. The van der Waals surface area contributed by atoms with Crippen LogP contribution in [0.2, 0.25) is 0 Å². The molecular weight excluding hydrogens is 338 g/mol. The lowest BCUT2D eigenvalue weighted by atomic mass is 9.89. The van der Waals surface area contributed by atoms with Crippen LogP contribution < -0.4 is 0 Å². The molecule has 27 heavy (non-hydrogen) atoms. The van der Waals surface area contributed by atoms with Crippen LogP contribution in [0, 0.1) is 0 Å². The van der Waals surface area contributed by atoms with E-state index in [0.29, 0.717) is 5.82 Å².